The average molecular weight is 380 g/mol. The van der Waals surface area contributed by atoms with Crippen LogP contribution in [0, 0.1) is 6.92 Å². The summed E-state index contributed by atoms with van der Waals surface area (Å²) in [6.07, 6.45) is 3.00. The van der Waals surface area contributed by atoms with Gasteiger partial charge < -0.3 is 15.0 Å². The molecule has 1 heterocycles. The lowest BCUT2D eigenvalue weighted by atomic mass is 10.1. The van der Waals surface area contributed by atoms with Crippen LogP contribution in [-0.4, -0.2) is 36.4 Å². The summed E-state index contributed by atoms with van der Waals surface area (Å²) >= 11 is 0. The molecule has 0 atom stereocenters. The van der Waals surface area contributed by atoms with Crippen molar-refractivity contribution in [1.29, 1.82) is 0 Å². The normalized spacial score (nSPS) is 13.4. The van der Waals surface area contributed by atoms with Crippen molar-refractivity contribution in [2.24, 2.45) is 0 Å². The molecule has 0 unspecified atom stereocenters. The molecule has 0 aliphatic carbocycles. The smallest absolute Gasteiger partial charge is 0.255 e. The highest BCUT2D eigenvalue weighted by atomic mass is 16.5. The Kier molecular flexibility index (Phi) is 6.69. The van der Waals surface area contributed by atoms with Crippen LogP contribution in [0.15, 0.2) is 42.5 Å². The van der Waals surface area contributed by atoms with Gasteiger partial charge in [0.1, 0.15) is 5.75 Å². The van der Waals surface area contributed by atoms with Crippen LogP contribution >= 0.6 is 0 Å². The van der Waals surface area contributed by atoms with Gasteiger partial charge in [0.2, 0.25) is 5.91 Å². The van der Waals surface area contributed by atoms with Crippen LogP contribution in [0.5, 0.6) is 5.75 Å². The van der Waals surface area contributed by atoms with Crippen molar-refractivity contribution in [1.82, 2.24) is 4.90 Å². The Labute approximate surface area is 166 Å². The van der Waals surface area contributed by atoms with E-state index in [0.29, 0.717) is 30.7 Å². The minimum absolute atomic E-state index is 0.00167. The molecule has 2 aromatic rings. The first-order valence-electron chi connectivity index (χ1n) is 9.99. The summed E-state index contributed by atoms with van der Waals surface area (Å²) in [5.41, 5.74) is 3.11. The van der Waals surface area contributed by atoms with E-state index in [-0.39, 0.29) is 11.8 Å². The SMILES string of the molecule is CCOc1ccccc1CCC(=O)Nc1c(C)cccc1C(=O)N1CCCC1. The molecule has 1 saturated heterocycles. The molecule has 0 bridgehead atoms. The lowest BCUT2D eigenvalue weighted by Gasteiger charge is -2.19. The standard InChI is InChI=1S/C23H28N2O3/c1-3-28-20-12-5-4-10-18(20)13-14-21(26)24-22-17(2)9-8-11-19(22)23(27)25-15-6-7-16-25/h4-5,8-12H,3,6-7,13-16H2,1-2H3,(H,24,26). The topological polar surface area (TPSA) is 58.6 Å². The molecule has 1 aliphatic rings. The molecule has 5 nitrogen and oxygen atoms in total. The van der Waals surface area contributed by atoms with Gasteiger partial charge in [-0.05, 0) is 56.4 Å². The van der Waals surface area contributed by atoms with E-state index in [4.69, 9.17) is 4.74 Å². The largest absolute Gasteiger partial charge is 0.494 e. The van der Waals surface area contributed by atoms with Crippen molar-refractivity contribution in [3.8, 4) is 5.75 Å². The number of likely N-dealkylation sites (tertiary alicyclic amines) is 1. The van der Waals surface area contributed by atoms with Crippen LogP contribution in [0.4, 0.5) is 5.69 Å². The zero-order valence-corrected chi connectivity index (χ0v) is 16.7. The van der Waals surface area contributed by atoms with Crippen LogP contribution in [0.25, 0.3) is 0 Å². The van der Waals surface area contributed by atoms with Gasteiger partial charge in [-0.25, -0.2) is 0 Å². The van der Waals surface area contributed by atoms with Gasteiger partial charge in [0.25, 0.3) is 5.91 Å². The summed E-state index contributed by atoms with van der Waals surface area (Å²) in [5.74, 6) is 0.716. The first-order chi connectivity index (χ1) is 13.6. The third-order valence-electron chi connectivity index (χ3n) is 5.05. The summed E-state index contributed by atoms with van der Waals surface area (Å²) in [6.45, 7) is 6.03. The van der Waals surface area contributed by atoms with Crippen molar-refractivity contribution in [3.05, 3.63) is 59.2 Å². The Morgan fingerprint density at radius 3 is 2.57 bits per heavy atom. The number of benzene rings is 2. The number of para-hydroxylation sites is 2. The van der Waals surface area contributed by atoms with Gasteiger partial charge in [-0.3, -0.25) is 9.59 Å². The molecule has 3 rings (SSSR count). The fourth-order valence-corrected chi connectivity index (χ4v) is 3.56. The number of nitrogens with zero attached hydrogens (tertiary/aromatic N) is 1. The van der Waals surface area contributed by atoms with E-state index in [2.05, 4.69) is 5.32 Å². The maximum Gasteiger partial charge on any atom is 0.255 e. The molecule has 2 amide bonds. The van der Waals surface area contributed by atoms with Gasteiger partial charge in [0.15, 0.2) is 0 Å². The zero-order chi connectivity index (χ0) is 19.9. The van der Waals surface area contributed by atoms with Crippen LogP contribution in [0.1, 0.15) is 47.7 Å². The maximum absolute atomic E-state index is 12.9. The highest BCUT2D eigenvalue weighted by Gasteiger charge is 2.23. The van der Waals surface area contributed by atoms with Crippen molar-refractivity contribution >= 4 is 17.5 Å². The quantitative estimate of drug-likeness (QED) is 0.783. The number of anilines is 1. The van der Waals surface area contributed by atoms with Gasteiger partial charge in [-0.15, -0.1) is 0 Å². The molecule has 1 fully saturated rings. The summed E-state index contributed by atoms with van der Waals surface area (Å²) in [7, 11) is 0. The van der Waals surface area contributed by atoms with E-state index in [1.54, 1.807) is 6.07 Å². The Morgan fingerprint density at radius 1 is 1.07 bits per heavy atom. The second-order valence-electron chi connectivity index (χ2n) is 7.09. The van der Waals surface area contributed by atoms with E-state index in [9.17, 15) is 9.59 Å². The molecule has 1 N–H and O–H groups in total. The fraction of sp³-hybridized carbons (Fsp3) is 0.391. The maximum atomic E-state index is 12.9. The van der Waals surface area contributed by atoms with E-state index >= 15 is 0 Å². The van der Waals surface area contributed by atoms with Crippen molar-refractivity contribution < 1.29 is 14.3 Å². The number of hydrogen-bond donors (Lipinski definition) is 1. The van der Waals surface area contributed by atoms with Gasteiger partial charge in [-0.1, -0.05) is 30.3 Å². The number of carbonyl (C=O) groups is 2. The number of aryl methyl sites for hydroxylation is 2. The van der Waals surface area contributed by atoms with Crippen molar-refractivity contribution in [3.63, 3.8) is 0 Å². The highest BCUT2D eigenvalue weighted by molar-refractivity contribution is 6.04. The van der Waals surface area contributed by atoms with E-state index < -0.39 is 0 Å². The number of nitrogens with one attached hydrogen (secondary N) is 1. The Hall–Kier alpha value is -2.82. The Balaban J connectivity index is 1.69. The molecule has 28 heavy (non-hydrogen) atoms. The van der Waals surface area contributed by atoms with Crippen LogP contribution in [0.3, 0.4) is 0 Å². The van der Waals surface area contributed by atoms with Gasteiger partial charge in [0.05, 0.1) is 17.9 Å². The molecule has 5 heteroatoms. The third-order valence-corrected chi connectivity index (χ3v) is 5.05. The second-order valence-corrected chi connectivity index (χ2v) is 7.09. The molecule has 0 radical (unpaired) electrons. The van der Waals surface area contributed by atoms with Gasteiger partial charge in [0, 0.05) is 19.5 Å². The molecular weight excluding hydrogens is 352 g/mol. The molecule has 1 aliphatic heterocycles. The number of amides is 2. The predicted molar refractivity (Wildman–Crippen MR) is 111 cm³/mol. The fourth-order valence-electron chi connectivity index (χ4n) is 3.56. The summed E-state index contributed by atoms with van der Waals surface area (Å²) < 4.78 is 5.63. The lowest BCUT2D eigenvalue weighted by Crippen LogP contribution is -2.29. The first-order valence-corrected chi connectivity index (χ1v) is 9.99. The number of ether oxygens (including phenoxy) is 1. The molecule has 148 valence electrons. The zero-order valence-electron chi connectivity index (χ0n) is 16.7. The minimum atomic E-state index is -0.101. The van der Waals surface area contributed by atoms with Crippen molar-refractivity contribution in [2.45, 2.75) is 39.5 Å². The first kappa shape index (κ1) is 19.9. The Morgan fingerprint density at radius 2 is 1.82 bits per heavy atom. The number of hydrogen-bond acceptors (Lipinski definition) is 3. The van der Waals surface area contributed by atoms with Crippen LogP contribution in [0.2, 0.25) is 0 Å². The van der Waals surface area contributed by atoms with E-state index in [1.165, 1.54) is 0 Å². The van der Waals surface area contributed by atoms with E-state index in [0.717, 1.165) is 42.8 Å². The highest BCUT2D eigenvalue weighted by Crippen LogP contribution is 2.25. The Bertz CT molecular complexity index is 841. The van der Waals surface area contributed by atoms with Crippen LogP contribution in [-0.2, 0) is 11.2 Å². The summed E-state index contributed by atoms with van der Waals surface area (Å²) in [5, 5.41) is 2.98. The molecular formula is C23H28N2O3. The van der Waals surface area contributed by atoms with Crippen molar-refractivity contribution in [2.75, 3.05) is 25.0 Å². The predicted octanol–water partition coefficient (Wildman–Crippen LogP) is 4.20. The molecule has 2 aromatic carbocycles. The third kappa shape index (κ3) is 4.71. The summed E-state index contributed by atoms with van der Waals surface area (Å²) in [4.78, 5) is 27.3. The molecule has 0 aromatic heterocycles. The van der Waals surface area contributed by atoms with Gasteiger partial charge >= 0.3 is 0 Å². The minimum Gasteiger partial charge on any atom is -0.494 e. The number of carbonyl (C=O) groups excluding carboxylic acids is 2. The lowest BCUT2D eigenvalue weighted by molar-refractivity contribution is -0.116. The number of rotatable bonds is 7. The molecule has 0 saturated carbocycles. The molecule has 0 spiro atoms. The second kappa shape index (κ2) is 9.40. The monoisotopic (exact) mass is 380 g/mol. The summed E-state index contributed by atoms with van der Waals surface area (Å²) in [6, 6.07) is 13.4. The van der Waals surface area contributed by atoms with Gasteiger partial charge in [-0.2, -0.15) is 0 Å². The van der Waals surface area contributed by atoms with Crippen LogP contribution < -0.4 is 10.1 Å². The van der Waals surface area contributed by atoms with E-state index in [1.807, 2.05) is 55.1 Å². The average Bonchev–Trinajstić information content (AvgIpc) is 3.23.